The van der Waals surface area contributed by atoms with Crippen molar-refractivity contribution in [2.75, 3.05) is 36.5 Å². The monoisotopic (exact) mass is 558 g/mol. The number of nitrogens with two attached hydrogens (primary N) is 1. The van der Waals surface area contributed by atoms with Crippen molar-refractivity contribution < 1.29 is 9.53 Å². The first kappa shape index (κ1) is 27.2. The van der Waals surface area contributed by atoms with Crippen molar-refractivity contribution >= 4 is 23.5 Å². The molecule has 0 bridgehead atoms. The van der Waals surface area contributed by atoms with Crippen LogP contribution in [0.15, 0.2) is 42.7 Å². The second kappa shape index (κ2) is 11.8. The summed E-state index contributed by atoms with van der Waals surface area (Å²) in [4.78, 5) is 24.9. The van der Waals surface area contributed by atoms with Crippen LogP contribution in [0.3, 0.4) is 0 Å². The van der Waals surface area contributed by atoms with Gasteiger partial charge in [-0.25, -0.2) is 4.68 Å². The summed E-state index contributed by atoms with van der Waals surface area (Å²) in [6.45, 7) is 7.76. The Balaban J connectivity index is 1.24. The third-order valence-electron chi connectivity index (χ3n) is 7.88. The molecule has 6 rings (SSSR count). The molecule has 4 aromatic rings. The first-order valence-corrected chi connectivity index (χ1v) is 14.5. The highest BCUT2D eigenvalue weighted by molar-refractivity contribution is 5.92. The zero-order valence-corrected chi connectivity index (χ0v) is 23.7. The average Bonchev–Trinajstić information content (AvgIpc) is 3.65. The van der Waals surface area contributed by atoms with Gasteiger partial charge < -0.3 is 26.0 Å². The summed E-state index contributed by atoms with van der Waals surface area (Å²) in [5.41, 5.74) is 10.3. The van der Waals surface area contributed by atoms with Crippen molar-refractivity contribution in [3.8, 4) is 5.69 Å². The van der Waals surface area contributed by atoms with E-state index in [-0.39, 0.29) is 23.9 Å². The van der Waals surface area contributed by atoms with Gasteiger partial charge in [-0.3, -0.25) is 4.79 Å². The predicted molar refractivity (Wildman–Crippen MR) is 156 cm³/mol. The van der Waals surface area contributed by atoms with Crippen LogP contribution in [-0.4, -0.2) is 73.7 Å². The van der Waals surface area contributed by atoms with Gasteiger partial charge in [-0.2, -0.15) is 24.7 Å². The first-order chi connectivity index (χ1) is 20.0. The van der Waals surface area contributed by atoms with Crippen molar-refractivity contribution in [3.63, 3.8) is 0 Å². The number of hydrogen-bond donors (Lipinski definition) is 3. The number of carbonyl (C=O) groups excluding carboxylic acids is 1. The highest BCUT2D eigenvalue weighted by atomic mass is 16.5. The number of fused-ring (bicyclic) bond motifs is 1. The number of benzene rings is 1. The molecule has 0 radical (unpaired) electrons. The van der Waals surface area contributed by atoms with Gasteiger partial charge in [0.15, 0.2) is 11.3 Å². The molecule has 2 aliphatic rings. The van der Waals surface area contributed by atoms with Crippen LogP contribution in [0.1, 0.15) is 67.1 Å². The second-order valence-electron chi connectivity index (χ2n) is 11.1. The largest absolute Gasteiger partial charge is 0.381 e. The fraction of sp³-hybridized carbons (Fsp3) is 0.483. The molecule has 0 atom stereocenters. The van der Waals surface area contributed by atoms with Crippen molar-refractivity contribution in [3.05, 3.63) is 59.5 Å². The van der Waals surface area contributed by atoms with Gasteiger partial charge in [0.05, 0.1) is 11.9 Å². The lowest BCUT2D eigenvalue weighted by atomic mass is 10.1. The minimum atomic E-state index is -0.166. The fourth-order valence-electron chi connectivity index (χ4n) is 5.38. The van der Waals surface area contributed by atoms with Crippen LogP contribution in [0.25, 0.3) is 11.3 Å². The van der Waals surface area contributed by atoms with Crippen LogP contribution in [0.4, 0.5) is 11.9 Å². The molecule has 0 unspecified atom stereocenters. The van der Waals surface area contributed by atoms with E-state index in [1.165, 1.54) is 0 Å². The Morgan fingerprint density at radius 1 is 1.10 bits per heavy atom. The number of anilines is 2. The molecule has 0 saturated carbocycles. The quantitative estimate of drug-likeness (QED) is 0.298. The molecule has 0 aliphatic carbocycles. The van der Waals surface area contributed by atoms with E-state index >= 15 is 0 Å². The molecule has 1 aromatic carbocycles. The Kier molecular flexibility index (Phi) is 7.84. The number of para-hydroxylation sites is 1. The number of ether oxygens (including phenoxy) is 1. The van der Waals surface area contributed by atoms with E-state index in [4.69, 9.17) is 20.4 Å². The van der Waals surface area contributed by atoms with E-state index in [9.17, 15) is 4.79 Å². The number of amides is 1. The second-order valence-corrected chi connectivity index (χ2v) is 11.1. The van der Waals surface area contributed by atoms with Crippen molar-refractivity contribution in [1.82, 2.24) is 34.7 Å². The molecule has 41 heavy (non-hydrogen) atoms. The molecular formula is C29H38N10O2. The van der Waals surface area contributed by atoms with Gasteiger partial charge in [0.2, 0.25) is 11.9 Å². The smallest absolute Gasteiger partial charge is 0.272 e. The van der Waals surface area contributed by atoms with Crippen LogP contribution in [0.5, 0.6) is 0 Å². The summed E-state index contributed by atoms with van der Waals surface area (Å²) in [6, 6.07) is 10.1. The molecule has 1 amide bonds. The van der Waals surface area contributed by atoms with Gasteiger partial charge in [0.1, 0.15) is 0 Å². The molecule has 12 heteroatoms. The molecule has 4 N–H and O–H groups in total. The Labute approximate surface area is 239 Å². The predicted octanol–water partition coefficient (Wildman–Crippen LogP) is 2.88. The van der Waals surface area contributed by atoms with Crippen molar-refractivity contribution in [1.29, 1.82) is 0 Å². The summed E-state index contributed by atoms with van der Waals surface area (Å²) in [5.74, 6) is 1.42. The summed E-state index contributed by atoms with van der Waals surface area (Å²) < 4.78 is 8.93. The SMILES string of the molecule is CC(C)c1cnn2c(NCc3ccccc3-n3ccc(C(=O)NC4CCOCC4)n3)nc(N3CCC(N)CC3)nc12. The molecule has 2 aliphatic heterocycles. The number of piperidine rings is 1. The maximum absolute atomic E-state index is 12.8. The molecule has 216 valence electrons. The zero-order chi connectivity index (χ0) is 28.3. The number of aromatic nitrogens is 6. The van der Waals surface area contributed by atoms with Gasteiger partial charge in [-0.15, -0.1) is 0 Å². The summed E-state index contributed by atoms with van der Waals surface area (Å²) in [5, 5.41) is 15.8. The lowest BCUT2D eigenvalue weighted by molar-refractivity contribution is 0.0694. The molecule has 3 aromatic heterocycles. The number of nitrogens with zero attached hydrogens (tertiary/aromatic N) is 7. The van der Waals surface area contributed by atoms with Gasteiger partial charge in [0, 0.05) is 56.7 Å². The van der Waals surface area contributed by atoms with E-state index in [0.29, 0.717) is 37.3 Å². The average molecular weight is 559 g/mol. The van der Waals surface area contributed by atoms with Crippen LogP contribution >= 0.6 is 0 Å². The van der Waals surface area contributed by atoms with Crippen LogP contribution in [-0.2, 0) is 11.3 Å². The number of nitrogens with one attached hydrogen (secondary N) is 2. The van der Waals surface area contributed by atoms with E-state index < -0.39 is 0 Å². The van der Waals surface area contributed by atoms with E-state index in [2.05, 4.69) is 39.6 Å². The molecule has 5 heterocycles. The van der Waals surface area contributed by atoms with Gasteiger partial charge in [-0.05, 0) is 49.3 Å². The third-order valence-corrected chi connectivity index (χ3v) is 7.88. The lowest BCUT2D eigenvalue weighted by Gasteiger charge is -2.30. The van der Waals surface area contributed by atoms with Crippen molar-refractivity contribution in [2.45, 2.75) is 64.1 Å². The molecule has 2 fully saturated rings. The van der Waals surface area contributed by atoms with E-state index in [0.717, 1.165) is 61.2 Å². The maximum atomic E-state index is 12.8. The highest BCUT2D eigenvalue weighted by Crippen LogP contribution is 2.25. The third kappa shape index (κ3) is 5.89. The zero-order valence-electron chi connectivity index (χ0n) is 23.7. The van der Waals surface area contributed by atoms with Crippen LogP contribution in [0, 0.1) is 0 Å². The Morgan fingerprint density at radius 3 is 2.66 bits per heavy atom. The van der Waals surface area contributed by atoms with Gasteiger partial charge in [-0.1, -0.05) is 32.0 Å². The summed E-state index contributed by atoms with van der Waals surface area (Å²) in [6.07, 6.45) is 7.17. The molecular weight excluding hydrogens is 520 g/mol. The minimum Gasteiger partial charge on any atom is -0.381 e. The first-order valence-electron chi connectivity index (χ1n) is 14.5. The summed E-state index contributed by atoms with van der Waals surface area (Å²) >= 11 is 0. The standard InChI is InChI=1S/C29H38N10O2/c1-19(2)23-18-32-39-26(23)34-29(37-12-7-21(30)8-13-37)35-28(39)31-17-20-5-3-4-6-25(20)38-14-9-24(36-38)27(40)33-22-10-15-41-16-11-22/h3-6,9,14,18-19,21-22H,7-8,10-13,15-17,30H2,1-2H3,(H,33,40)(H,31,34,35). The lowest BCUT2D eigenvalue weighted by Crippen LogP contribution is -2.40. The molecule has 0 spiro atoms. The normalized spacial score (nSPS) is 16.9. The van der Waals surface area contributed by atoms with Gasteiger partial charge in [0.25, 0.3) is 5.91 Å². The number of rotatable bonds is 8. The van der Waals surface area contributed by atoms with E-state index in [1.807, 2.05) is 36.7 Å². The summed E-state index contributed by atoms with van der Waals surface area (Å²) in [7, 11) is 0. The van der Waals surface area contributed by atoms with Gasteiger partial charge >= 0.3 is 0 Å². The molecule has 12 nitrogen and oxygen atoms in total. The maximum Gasteiger partial charge on any atom is 0.272 e. The van der Waals surface area contributed by atoms with E-state index in [1.54, 1.807) is 15.3 Å². The van der Waals surface area contributed by atoms with Crippen molar-refractivity contribution in [2.24, 2.45) is 5.73 Å². The molecule has 2 saturated heterocycles. The van der Waals surface area contributed by atoms with Crippen LogP contribution in [0.2, 0.25) is 0 Å². The number of hydrogen-bond acceptors (Lipinski definition) is 9. The Bertz CT molecular complexity index is 1500. The highest BCUT2D eigenvalue weighted by Gasteiger charge is 2.23. The Morgan fingerprint density at radius 2 is 1.88 bits per heavy atom. The number of carbonyl (C=O) groups is 1. The topological polar surface area (TPSA) is 141 Å². The minimum absolute atomic E-state index is 0.118. The Hall–Kier alpha value is -4.03. The van der Waals surface area contributed by atoms with Crippen LogP contribution < -0.4 is 21.3 Å². The fourth-order valence-corrected chi connectivity index (χ4v) is 5.38.